The Morgan fingerprint density at radius 2 is 1.88 bits per heavy atom. The molecule has 8 nitrogen and oxygen atoms in total. The van der Waals surface area contributed by atoms with Crippen molar-refractivity contribution in [3.05, 3.63) is 83.0 Å². The van der Waals surface area contributed by atoms with Crippen LogP contribution < -0.4 is 4.74 Å². The van der Waals surface area contributed by atoms with Gasteiger partial charge in [0.1, 0.15) is 11.6 Å². The van der Waals surface area contributed by atoms with E-state index in [0.717, 1.165) is 11.4 Å². The highest BCUT2D eigenvalue weighted by Gasteiger charge is 2.39. The van der Waals surface area contributed by atoms with Gasteiger partial charge in [-0.3, -0.25) is 14.5 Å². The molecule has 1 amide bonds. The van der Waals surface area contributed by atoms with Gasteiger partial charge in [0, 0.05) is 62.0 Å². The smallest absolute Gasteiger partial charge is 0.435 e. The summed E-state index contributed by atoms with van der Waals surface area (Å²) in [6.45, 7) is 6.65. The number of fused-ring (bicyclic) bond motifs is 1. The summed E-state index contributed by atoms with van der Waals surface area (Å²) in [4.78, 5) is 24.3. The standard InChI is InChI=1S/C29H31F3N6O2/c1-5-26-34-8-10-36(26)16-19-11-23(25-17-37(6-2)35-27(25)29(30,31)32)22-7-9-38(28(39)24(22)12-19)18(3)20-13-21(40-4)15-33-14-20/h8,10-15,17-18H,5-7,9,16H2,1-4H3/t18-/m0/s1. The fraction of sp³-hybridized carbons (Fsp3) is 0.379. The Hall–Kier alpha value is -4.15. The van der Waals surface area contributed by atoms with E-state index in [1.54, 1.807) is 49.7 Å². The van der Waals surface area contributed by atoms with Crippen molar-refractivity contribution in [1.29, 1.82) is 0 Å². The van der Waals surface area contributed by atoms with E-state index in [-0.39, 0.29) is 17.5 Å². The molecule has 0 unspecified atom stereocenters. The van der Waals surface area contributed by atoms with Crippen LogP contribution in [0.2, 0.25) is 0 Å². The molecule has 0 aliphatic carbocycles. The third-order valence-electron chi connectivity index (χ3n) is 7.44. The first-order valence-electron chi connectivity index (χ1n) is 13.2. The SMILES string of the molecule is CCc1nccn1Cc1cc2c(c(-c3cn(CC)nc3C(F)(F)F)c1)CCN([C@@H](C)c1cncc(OC)c1)C2=O. The van der Waals surface area contributed by atoms with Crippen molar-refractivity contribution in [3.8, 4) is 16.9 Å². The molecular weight excluding hydrogens is 521 g/mol. The molecule has 40 heavy (non-hydrogen) atoms. The van der Waals surface area contributed by atoms with Crippen LogP contribution in [-0.2, 0) is 32.1 Å². The molecule has 5 rings (SSSR count). The van der Waals surface area contributed by atoms with Crippen molar-refractivity contribution in [2.75, 3.05) is 13.7 Å². The summed E-state index contributed by atoms with van der Waals surface area (Å²) in [5, 5.41) is 3.84. The number of nitrogens with zero attached hydrogens (tertiary/aromatic N) is 6. The number of methoxy groups -OCH3 is 1. The number of aromatic nitrogens is 5. The van der Waals surface area contributed by atoms with E-state index in [9.17, 15) is 18.0 Å². The van der Waals surface area contributed by atoms with E-state index in [4.69, 9.17) is 4.74 Å². The van der Waals surface area contributed by atoms with Crippen LogP contribution in [0.4, 0.5) is 13.2 Å². The second kappa shape index (κ2) is 10.8. The third-order valence-corrected chi connectivity index (χ3v) is 7.44. The van der Waals surface area contributed by atoms with Crippen LogP contribution in [0.25, 0.3) is 11.1 Å². The summed E-state index contributed by atoms with van der Waals surface area (Å²) in [7, 11) is 1.55. The zero-order chi connectivity index (χ0) is 28.6. The molecule has 11 heteroatoms. The molecular formula is C29H31F3N6O2. The monoisotopic (exact) mass is 552 g/mol. The maximum absolute atomic E-state index is 14.1. The van der Waals surface area contributed by atoms with E-state index >= 15 is 0 Å². The first kappa shape index (κ1) is 27.4. The number of alkyl halides is 3. The van der Waals surface area contributed by atoms with E-state index < -0.39 is 11.9 Å². The Morgan fingerprint density at radius 3 is 2.58 bits per heavy atom. The molecule has 0 saturated carbocycles. The molecule has 0 saturated heterocycles. The highest BCUT2D eigenvalue weighted by molar-refractivity contribution is 5.99. The first-order valence-corrected chi connectivity index (χ1v) is 13.2. The second-order valence-corrected chi connectivity index (χ2v) is 9.82. The average Bonchev–Trinajstić information content (AvgIpc) is 3.60. The average molecular weight is 553 g/mol. The van der Waals surface area contributed by atoms with E-state index in [2.05, 4.69) is 15.1 Å². The topological polar surface area (TPSA) is 78.1 Å². The molecule has 0 radical (unpaired) electrons. The number of amides is 1. The van der Waals surface area contributed by atoms with Gasteiger partial charge in [-0.2, -0.15) is 18.3 Å². The Morgan fingerprint density at radius 1 is 1.10 bits per heavy atom. The fourth-order valence-electron chi connectivity index (χ4n) is 5.32. The lowest BCUT2D eigenvalue weighted by atomic mass is 9.87. The van der Waals surface area contributed by atoms with E-state index in [0.29, 0.717) is 60.5 Å². The Bertz CT molecular complexity index is 1540. The predicted octanol–water partition coefficient (Wildman–Crippen LogP) is 5.56. The molecule has 1 aromatic carbocycles. The Labute approximate surface area is 230 Å². The van der Waals surface area contributed by atoms with E-state index in [1.165, 1.54) is 10.9 Å². The lowest BCUT2D eigenvalue weighted by Gasteiger charge is -2.35. The van der Waals surface area contributed by atoms with Crippen molar-refractivity contribution in [2.24, 2.45) is 0 Å². The normalized spacial score (nSPS) is 14.4. The Kier molecular flexibility index (Phi) is 7.39. The number of hydrogen-bond donors (Lipinski definition) is 0. The number of carbonyl (C=O) groups excluding carboxylic acids is 1. The molecule has 0 spiro atoms. The molecule has 1 aliphatic rings. The third kappa shape index (κ3) is 5.07. The minimum atomic E-state index is -4.64. The molecule has 4 aromatic rings. The summed E-state index contributed by atoms with van der Waals surface area (Å²) in [6.07, 6.45) is 4.70. The molecule has 3 aromatic heterocycles. The van der Waals surface area contributed by atoms with Crippen LogP contribution in [-0.4, -0.2) is 48.8 Å². The van der Waals surface area contributed by atoms with Gasteiger partial charge in [-0.05, 0) is 60.7 Å². The molecule has 1 aliphatic heterocycles. The van der Waals surface area contributed by atoms with Crippen molar-refractivity contribution in [2.45, 2.75) is 58.9 Å². The first-order chi connectivity index (χ1) is 19.1. The number of pyridine rings is 1. The molecule has 210 valence electrons. The number of halogens is 3. The van der Waals surface area contributed by atoms with Gasteiger partial charge < -0.3 is 14.2 Å². The number of ether oxygens (including phenoxy) is 1. The van der Waals surface area contributed by atoms with Gasteiger partial charge in [0.05, 0.1) is 19.3 Å². The lowest BCUT2D eigenvalue weighted by Crippen LogP contribution is -2.39. The van der Waals surface area contributed by atoms with Gasteiger partial charge in [0.15, 0.2) is 5.69 Å². The summed E-state index contributed by atoms with van der Waals surface area (Å²) in [6, 6.07) is 5.09. The molecule has 0 fully saturated rings. The maximum Gasteiger partial charge on any atom is 0.435 e. The molecule has 1 atom stereocenters. The highest BCUT2D eigenvalue weighted by Crippen LogP contribution is 2.41. The van der Waals surface area contributed by atoms with Crippen molar-refractivity contribution in [1.82, 2.24) is 29.2 Å². The van der Waals surface area contributed by atoms with Gasteiger partial charge in [-0.15, -0.1) is 0 Å². The second-order valence-electron chi connectivity index (χ2n) is 9.82. The van der Waals surface area contributed by atoms with Crippen molar-refractivity contribution < 1.29 is 22.7 Å². The number of hydrogen-bond acceptors (Lipinski definition) is 5. The number of carbonyl (C=O) groups is 1. The summed E-state index contributed by atoms with van der Waals surface area (Å²) < 4.78 is 50.9. The van der Waals surface area contributed by atoms with Crippen LogP contribution in [0.1, 0.15) is 65.4 Å². The van der Waals surface area contributed by atoms with Crippen LogP contribution in [0.5, 0.6) is 5.75 Å². The minimum absolute atomic E-state index is 0.0138. The fourth-order valence-corrected chi connectivity index (χ4v) is 5.32. The molecule has 4 heterocycles. The largest absolute Gasteiger partial charge is 0.495 e. The van der Waals surface area contributed by atoms with Crippen LogP contribution in [0, 0.1) is 0 Å². The summed E-state index contributed by atoms with van der Waals surface area (Å²) in [5.74, 6) is 1.19. The lowest BCUT2D eigenvalue weighted by molar-refractivity contribution is -0.141. The predicted molar refractivity (Wildman–Crippen MR) is 143 cm³/mol. The van der Waals surface area contributed by atoms with E-state index in [1.807, 2.05) is 30.7 Å². The van der Waals surface area contributed by atoms with Crippen molar-refractivity contribution in [3.63, 3.8) is 0 Å². The van der Waals surface area contributed by atoms with Gasteiger partial charge >= 0.3 is 6.18 Å². The van der Waals surface area contributed by atoms with Gasteiger partial charge in [0.25, 0.3) is 5.91 Å². The van der Waals surface area contributed by atoms with Gasteiger partial charge in [-0.25, -0.2) is 4.98 Å². The number of benzene rings is 1. The van der Waals surface area contributed by atoms with Crippen LogP contribution in [0.15, 0.2) is 49.2 Å². The van der Waals surface area contributed by atoms with Crippen LogP contribution >= 0.6 is 0 Å². The molecule has 0 bridgehead atoms. The molecule has 0 N–H and O–H groups in total. The Balaban J connectivity index is 1.64. The van der Waals surface area contributed by atoms with Gasteiger partial charge in [0.2, 0.25) is 0 Å². The van der Waals surface area contributed by atoms with Crippen LogP contribution in [0.3, 0.4) is 0 Å². The minimum Gasteiger partial charge on any atom is -0.495 e. The summed E-state index contributed by atoms with van der Waals surface area (Å²) >= 11 is 0. The zero-order valence-corrected chi connectivity index (χ0v) is 22.9. The number of aryl methyl sites for hydroxylation is 2. The quantitative estimate of drug-likeness (QED) is 0.286. The highest BCUT2D eigenvalue weighted by atomic mass is 19.4. The number of rotatable bonds is 8. The maximum atomic E-state index is 14.1. The zero-order valence-electron chi connectivity index (χ0n) is 22.9. The summed E-state index contributed by atoms with van der Waals surface area (Å²) in [5.41, 5.74) is 1.95. The van der Waals surface area contributed by atoms with Crippen molar-refractivity contribution >= 4 is 5.91 Å². The van der Waals surface area contributed by atoms with Gasteiger partial charge in [-0.1, -0.05) is 6.92 Å². The number of imidazole rings is 1.